The molecule has 0 saturated carbocycles. The van der Waals surface area contributed by atoms with Crippen LogP contribution in [0.5, 0.6) is 0 Å². The molecule has 0 aliphatic heterocycles. The zero-order valence-electron chi connectivity index (χ0n) is 20.0. The van der Waals surface area contributed by atoms with Gasteiger partial charge in [-0.25, -0.2) is 9.59 Å². The van der Waals surface area contributed by atoms with Crippen molar-refractivity contribution >= 4 is 18.1 Å². The summed E-state index contributed by atoms with van der Waals surface area (Å²) in [6.07, 6.45) is 7.77. The number of amides is 3. The molecule has 0 bridgehead atoms. The van der Waals surface area contributed by atoms with Crippen LogP contribution < -0.4 is 16.0 Å². The van der Waals surface area contributed by atoms with Crippen LogP contribution in [0.1, 0.15) is 64.2 Å². The summed E-state index contributed by atoms with van der Waals surface area (Å²) in [6.45, 7) is 1.38. The zero-order valence-corrected chi connectivity index (χ0v) is 20.0. The summed E-state index contributed by atoms with van der Waals surface area (Å²) in [4.78, 5) is 37.1. The molecule has 0 unspecified atom stereocenters. The topological polar surface area (TPSA) is 164 Å². The molecule has 0 aliphatic rings. The van der Waals surface area contributed by atoms with Gasteiger partial charge in [0.1, 0.15) is 19.3 Å². The Morgan fingerprint density at radius 3 is 1.94 bits per heavy atom. The molecule has 0 aromatic heterocycles. The largest absolute Gasteiger partial charge is 0.447 e. The number of carbonyl (C=O) groups excluding carboxylic acids is 3. The molecule has 0 saturated heterocycles. The second-order valence-corrected chi connectivity index (χ2v) is 7.43. The van der Waals surface area contributed by atoms with Crippen LogP contribution in [0, 0.1) is 0 Å². The van der Waals surface area contributed by atoms with Crippen molar-refractivity contribution in [1.29, 1.82) is 0 Å². The molecular weight excluding hydrogens is 432 g/mol. The van der Waals surface area contributed by atoms with Gasteiger partial charge in [0.25, 0.3) is 0 Å². The van der Waals surface area contributed by atoms with Crippen molar-refractivity contribution in [3.05, 3.63) is 10.4 Å². The van der Waals surface area contributed by atoms with E-state index in [9.17, 15) is 14.4 Å². The van der Waals surface area contributed by atoms with Crippen LogP contribution in [-0.4, -0.2) is 71.2 Å². The Balaban J connectivity index is 3.74. The van der Waals surface area contributed by atoms with E-state index in [0.717, 1.165) is 38.5 Å². The number of alkyl carbamates (subject to hydrolysis) is 2. The van der Waals surface area contributed by atoms with Crippen molar-refractivity contribution in [2.24, 2.45) is 5.11 Å². The van der Waals surface area contributed by atoms with Gasteiger partial charge >= 0.3 is 12.2 Å². The van der Waals surface area contributed by atoms with Gasteiger partial charge in [-0.2, -0.15) is 0 Å². The number of nitrogens with one attached hydrogen (secondary N) is 3. The molecule has 0 radical (unpaired) electrons. The maximum Gasteiger partial charge on any atom is 0.406 e. The van der Waals surface area contributed by atoms with Crippen LogP contribution in [0.2, 0.25) is 0 Å². The summed E-state index contributed by atoms with van der Waals surface area (Å²) in [5.74, 6) is -0.0293. The molecule has 33 heavy (non-hydrogen) atoms. The van der Waals surface area contributed by atoms with Gasteiger partial charge in [0.2, 0.25) is 5.91 Å². The molecule has 0 heterocycles. The minimum absolute atomic E-state index is 0.0293. The van der Waals surface area contributed by atoms with Gasteiger partial charge in [-0.05, 0) is 24.8 Å². The number of hydrogen-bond donors (Lipinski definition) is 3. The first-order valence-corrected chi connectivity index (χ1v) is 11.6. The second kappa shape index (κ2) is 22.5. The monoisotopic (exact) mass is 472 g/mol. The average molecular weight is 473 g/mol. The van der Waals surface area contributed by atoms with Gasteiger partial charge in [-0.15, -0.1) is 0 Å². The summed E-state index contributed by atoms with van der Waals surface area (Å²) < 4.78 is 15.5. The SMILES string of the molecule is CNC(=O)OCC(COC(=O)NC)OCCCC(=O)NCCCCCCCCCCN=[N+]=[N-]. The Morgan fingerprint density at radius 1 is 0.848 bits per heavy atom. The smallest absolute Gasteiger partial charge is 0.406 e. The lowest BCUT2D eigenvalue weighted by atomic mass is 10.1. The molecule has 0 aromatic carbocycles. The lowest BCUT2D eigenvalue weighted by Gasteiger charge is -2.17. The molecular formula is C21H40N6O6. The molecule has 190 valence electrons. The lowest BCUT2D eigenvalue weighted by molar-refractivity contribution is -0.121. The third kappa shape index (κ3) is 20.9. The molecule has 0 aromatic rings. The first kappa shape index (κ1) is 30.3. The van der Waals surface area contributed by atoms with Gasteiger partial charge in [0.05, 0.1) is 0 Å². The number of ether oxygens (including phenoxy) is 3. The van der Waals surface area contributed by atoms with E-state index in [1.807, 2.05) is 0 Å². The number of rotatable bonds is 20. The van der Waals surface area contributed by atoms with Gasteiger partial charge in [0.15, 0.2) is 0 Å². The van der Waals surface area contributed by atoms with Gasteiger partial charge in [-0.1, -0.05) is 43.6 Å². The van der Waals surface area contributed by atoms with Gasteiger partial charge < -0.3 is 30.2 Å². The van der Waals surface area contributed by atoms with Crippen LogP contribution in [-0.2, 0) is 19.0 Å². The maximum absolute atomic E-state index is 11.9. The normalized spacial score (nSPS) is 10.3. The highest BCUT2D eigenvalue weighted by Gasteiger charge is 2.15. The summed E-state index contributed by atoms with van der Waals surface area (Å²) in [7, 11) is 2.88. The van der Waals surface area contributed by atoms with Crippen molar-refractivity contribution in [2.45, 2.75) is 70.3 Å². The van der Waals surface area contributed by atoms with E-state index in [2.05, 4.69) is 26.0 Å². The quantitative estimate of drug-likeness (QED) is 0.106. The molecule has 3 amide bonds. The third-order valence-electron chi connectivity index (χ3n) is 4.68. The maximum atomic E-state index is 11.9. The fourth-order valence-corrected chi connectivity index (χ4v) is 2.84. The summed E-state index contributed by atoms with van der Waals surface area (Å²) >= 11 is 0. The Bertz CT molecular complexity index is 566. The number of carbonyl (C=O) groups is 3. The predicted molar refractivity (Wildman–Crippen MR) is 124 cm³/mol. The fourth-order valence-electron chi connectivity index (χ4n) is 2.84. The Kier molecular flexibility index (Phi) is 20.6. The molecule has 0 spiro atoms. The van der Waals surface area contributed by atoms with E-state index in [1.54, 1.807) is 0 Å². The Labute approximate surface area is 196 Å². The molecule has 0 fully saturated rings. The minimum Gasteiger partial charge on any atom is -0.447 e. The fraction of sp³-hybridized carbons (Fsp3) is 0.857. The van der Waals surface area contributed by atoms with Crippen molar-refractivity contribution < 1.29 is 28.6 Å². The number of nitrogens with zero attached hydrogens (tertiary/aromatic N) is 3. The van der Waals surface area contributed by atoms with Crippen molar-refractivity contribution in [1.82, 2.24) is 16.0 Å². The summed E-state index contributed by atoms with van der Waals surface area (Å²) in [6, 6.07) is 0. The highest BCUT2D eigenvalue weighted by molar-refractivity contribution is 5.75. The van der Waals surface area contributed by atoms with E-state index >= 15 is 0 Å². The molecule has 12 nitrogen and oxygen atoms in total. The van der Waals surface area contributed by atoms with Crippen LogP contribution >= 0.6 is 0 Å². The lowest BCUT2D eigenvalue weighted by Crippen LogP contribution is -2.33. The number of hydrogen-bond acceptors (Lipinski definition) is 7. The van der Waals surface area contributed by atoms with E-state index in [1.165, 1.54) is 26.9 Å². The molecule has 0 rings (SSSR count). The Hall–Kier alpha value is -2.72. The average Bonchev–Trinajstić information content (AvgIpc) is 2.82. The zero-order chi connectivity index (χ0) is 24.6. The van der Waals surface area contributed by atoms with Gasteiger partial charge in [-0.3, -0.25) is 4.79 Å². The highest BCUT2D eigenvalue weighted by atomic mass is 16.6. The van der Waals surface area contributed by atoms with Crippen LogP contribution in [0.15, 0.2) is 5.11 Å². The first-order valence-electron chi connectivity index (χ1n) is 11.6. The highest BCUT2D eigenvalue weighted by Crippen LogP contribution is 2.08. The van der Waals surface area contributed by atoms with Crippen LogP contribution in [0.25, 0.3) is 10.4 Å². The number of azide groups is 1. The third-order valence-corrected chi connectivity index (χ3v) is 4.68. The summed E-state index contributed by atoms with van der Waals surface area (Å²) in [5, 5.41) is 11.1. The predicted octanol–water partition coefficient (Wildman–Crippen LogP) is 3.41. The van der Waals surface area contributed by atoms with Crippen LogP contribution in [0.4, 0.5) is 9.59 Å². The van der Waals surface area contributed by atoms with Crippen LogP contribution in [0.3, 0.4) is 0 Å². The van der Waals surface area contributed by atoms with E-state index in [0.29, 0.717) is 25.9 Å². The van der Waals surface area contributed by atoms with Crippen molar-refractivity contribution in [3.63, 3.8) is 0 Å². The van der Waals surface area contributed by atoms with E-state index < -0.39 is 18.3 Å². The molecule has 12 heteroatoms. The minimum atomic E-state index is -0.617. The van der Waals surface area contributed by atoms with E-state index in [-0.39, 0.29) is 25.7 Å². The van der Waals surface area contributed by atoms with Crippen molar-refractivity contribution in [3.8, 4) is 0 Å². The van der Waals surface area contributed by atoms with E-state index in [4.69, 9.17) is 19.7 Å². The first-order chi connectivity index (χ1) is 16.0. The van der Waals surface area contributed by atoms with Crippen molar-refractivity contribution in [2.75, 3.05) is 47.0 Å². The Morgan fingerprint density at radius 2 is 1.39 bits per heavy atom. The summed E-state index contributed by atoms with van der Waals surface area (Å²) in [5.41, 5.74) is 8.19. The second-order valence-electron chi connectivity index (χ2n) is 7.43. The molecule has 3 N–H and O–H groups in total. The standard InChI is InChI=1S/C21H40N6O6/c1-23-20(29)32-16-18(17-33-21(30)24-2)31-15-11-12-19(28)25-13-9-7-5-3-4-6-8-10-14-26-27-22/h18H,3-17H2,1-2H3,(H,23,29)(H,24,30)(H,25,28). The molecule has 0 aliphatic carbocycles. The molecule has 0 atom stereocenters. The van der Waals surface area contributed by atoms with Gasteiger partial charge in [0, 0.05) is 45.1 Å². The number of unbranched alkanes of at least 4 members (excludes halogenated alkanes) is 7.